The van der Waals surface area contributed by atoms with Gasteiger partial charge in [0.15, 0.2) is 0 Å². The predicted octanol–water partition coefficient (Wildman–Crippen LogP) is 7.81. The molecule has 6 aromatic rings. The standard InChI is InChI=1S/C45H44ClN7O5S/c1-58-45(56)50-40(32-12-7-4-8-13-32)44(55)53-27-34(59(2)57)25-37(53)42-47-26-35(48-42)31-19-15-29(16-20-31)30-17-21-33(22-18-30)39-41(46)51-43(49-39)36-14-9-23-52(36)38(54)24-28-10-5-3-6-11-28/h3-8,10-13,15-22,26,34,36-37,40H,9,14,23-25,27H2,1-2H3,(H,47,48)(H,49,51)(H,50,56)/t34-,36-,37-,40?,59?/m0/s1. The first kappa shape index (κ1) is 39.8. The number of nitrogens with one attached hydrogen (secondary N) is 3. The van der Waals surface area contributed by atoms with E-state index in [0.717, 1.165) is 46.4 Å². The average Bonchev–Trinajstić information content (AvgIpc) is 4.10. The van der Waals surface area contributed by atoms with Gasteiger partial charge in [-0.25, -0.2) is 14.8 Å². The summed E-state index contributed by atoms with van der Waals surface area (Å²) in [6.45, 7) is 0.945. The average molecular weight is 830 g/mol. The third-order valence-electron chi connectivity index (χ3n) is 11.2. The van der Waals surface area contributed by atoms with Crippen molar-refractivity contribution in [2.75, 3.05) is 26.5 Å². The molecule has 3 amide bonds. The third-order valence-corrected chi connectivity index (χ3v) is 12.8. The van der Waals surface area contributed by atoms with Crippen LogP contribution in [0.4, 0.5) is 4.79 Å². The smallest absolute Gasteiger partial charge is 0.407 e. The highest BCUT2D eigenvalue weighted by molar-refractivity contribution is 7.84. The number of rotatable bonds is 11. The van der Waals surface area contributed by atoms with E-state index in [4.69, 9.17) is 26.3 Å². The van der Waals surface area contributed by atoms with Gasteiger partial charge in [0.1, 0.15) is 28.5 Å². The molecule has 0 radical (unpaired) electrons. The van der Waals surface area contributed by atoms with Crippen LogP contribution in [0.1, 0.15) is 60.2 Å². The molecule has 12 nitrogen and oxygen atoms in total. The van der Waals surface area contributed by atoms with Crippen LogP contribution in [-0.2, 0) is 31.5 Å². The van der Waals surface area contributed by atoms with Gasteiger partial charge in [-0.1, -0.05) is 121 Å². The van der Waals surface area contributed by atoms with E-state index in [-0.39, 0.29) is 29.7 Å². The number of amides is 3. The molecular weight excluding hydrogens is 786 g/mol. The van der Waals surface area contributed by atoms with Crippen LogP contribution in [0.15, 0.2) is 115 Å². The van der Waals surface area contributed by atoms with Crippen LogP contribution in [-0.4, -0.2) is 83.6 Å². The second-order valence-electron chi connectivity index (χ2n) is 14.9. The van der Waals surface area contributed by atoms with Crippen molar-refractivity contribution < 1.29 is 23.3 Å². The molecule has 2 saturated heterocycles. The van der Waals surface area contributed by atoms with Crippen LogP contribution in [0, 0.1) is 0 Å². The Morgan fingerprint density at radius 3 is 2.15 bits per heavy atom. The number of aromatic amines is 2. The summed E-state index contributed by atoms with van der Waals surface area (Å²) in [7, 11) is 0.0637. The number of imidazole rings is 2. The van der Waals surface area contributed by atoms with Gasteiger partial charge in [0, 0.05) is 35.7 Å². The monoisotopic (exact) mass is 829 g/mol. The summed E-state index contributed by atoms with van der Waals surface area (Å²) in [6.07, 6.45) is 5.19. The summed E-state index contributed by atoms with van der Waals surface area (Å²) in [5, 5.41) is 2.86. The number of halogens is 1. The van der Waals surface area contributed by atoms with Gasteiger partial charge in [-0.05, 0) is 47.1 Å². The number of likely N-dealkylation sites (tertiary alicyclic amines) is 2. The number of hydrogen-bond donors (Lipinski definition) is 3. The van der Waals surface area contributed by atoms with Crippen LogP contribution in [0.3, 0.4) is 0 Å². The topological polar surface area (TPSA) is 153 Å². The second-order valence-corrected chi connectivity index (χ2v) is 16.9. The highest BCUT2D eigenvalue weighted by atomic mass is 35.5. The van der Waals surface area contributed by atoms with Gasteiger partial charge in [0.25, 0.3) is 5.91 Å². The zero-order valence-corrected chi connectivity index (χ0v) is 34.2. The molecule has 2 aliphatic heterocycles. The molecule has 0 saturated carbocycles. The van der Waals surface area contributed by atoms with Gasteiger partial charge in [-0.3, -0.25) is 13.8 Å². The molecule has 2 fully saturated rings. The number of aromatic nitrogens is 4. The molecule has 4 aromatic carbocycles. The van der Waals surface area contributed by atoms with Crippen molar-refractivity contribution in [3.8, 4) is 33.6 Å². The molecule has 0 bridgehead atoms. The highest BCUT2D eigenvalue weighted by Gasteiger charge is 2.42. The maximum absolute atomic E-state index is 14.1. The predicted molar refractivity (Wildman–Crippen MR) is 228 cm³/mol. The number of methoxy groups -OCH3 is 1. The van der Waals surface area contributed by atoms with Gasteiger partial charge < -0.3 is 29.8 Å². The van der Waals surface area contributed by atoms with E-state index >= 15 is 0 Å². The Hall–Kier alpha value is -6.05. The first-order valence-corrected chi connectivity index (χ1v) is 21.5. The van der Waals surface area contributed by atoms with E-state index in [0.29, 0.717) is 47.4 Å². The van der Waals surface area contributed by atoms with E-state index in [1.807, 2.05) is 89.8 Å². The number of benzene rings is 4. The van der Waals surface area contributed by atoms with Gasteiger partial charge in [-0.2, -0.15) is 0 Å². The van der Waals surface area contributed by atoms with Crippen molar-refractivity contribution in [1.82, 2.24) is 35.1 Å². The summed E-state index contributed by atoms with van der Waals surface area (Å²) in [6, 6.07) is 33.3. The summed E-state index contributed by atoms with van der Waals surface area (Å²) in [5.41, 5.74) is 6.82. The van der Waals surface area contributed by atoms with Crippen LogP contribution >= 0.6 is 11.6 Å². The van der Waals surface area contributed by atoms with Crippen LogP contribution < -0.4 is 5.32 Å². The Morgan fingerprint density at radius 1 is 0.847 bits per heavy atom. The Bertz CT molecular complexity index is 2460. The summed E-state index contributed by atoms with van der Waals surface area (Å²) in [4.78, 5) is 59.6. The quantitative estimate of drug-likeness (QED) is 0.120. The van der Waals surface area contributed by atoms with E-state index in [1.54, 1.807) is 41.6 Å². The fraction of sp³-hybridized carbons (Fsp3) is 0.267. The number of nitrogens with zero attached hydrogens (tertiary/aromatic N) is 4. The number of H-pyrrole nitrogens is 2. The van der Waals surface area contributed by atoms with Crippen LogP contribution in [0.5, 0.6) is 0 Å². The molecule has 0 aliphatic carbocycles. The van der Waals surface area contributed by atoms with Gasteiger partial charge in [0.2, 0.25) is 5.91 Å². The van der Waals surface area contributed by atoms with Crippen molar-refractivity contribution in [1.29, 1.82) is 0 Å². The zero-order valence-electron chi connectivity index (χ0n) is 32.6. The lowest BCUT2D eigenvalue weighted by Crippen LogP contribution is -2.43. The Kier molecular flexibility index (Phi) is 11.7. The lowest BCUT2D eigenvalue weighted by atomic mass is 10.0. The second kappa shape index (κ2) is 17.4. The molecule has 2 unspecified atom stereocenters. The third kappa shape index (κ3) is 8.57. The van der Waals surface area contributed by atoms with E-state index in [1.165, 1.54) is 7.11 Å². The van der Waals surface area contributed by atoms with Gasteiger partial charge >= 0.3 is 6.09 Å². The maximum atomic E-state index is 14.1. The van der Waals surface area contributed by atoms with Gasteiger partial charge in [-0.15, -0.1) is 0 Å². The minimum atomic E-state index is -1.19. The van der Waals surface area contributed by atoms with Crippen molar-refractivity contribution in [3.05, 3.63) is 143 Å². The molecule has 8 rings (SSSR count). The first-order chi connectivity index (χ1) is 28.7. The van der Waals surface area contributed by atoms with E-state index < -0.39 is 29.0 Å². The first-order valence-electron chi connectivity index (χ1n) is 19.5. The Balaban J connectivity index is 0.960. The zero-order chi connectivity index (χ0) is 41.0. The summed E-state index contributed by atoms with van der Waals surface area (Å²) in [5.74, 6) is 1.01. The minimum absolute atomic E-state index is 0.0796. The van der Waals surface area contributed by atoms with Gasteiger partial charge in [0.05, 0.1) is 42.8 Å². The Labute approximate surface area is 349 Å². The summed E-state index contributed by atoms with van der Waals surface area (Å²) >= 11 is 6.72. The SMILES string of the molecule is COC(=O)NC(C(=O)N1C[C@@H](S(C)=O)C[C@H]1c1ncc(-c2ccc(-c3ccc(-c4nc([C@@H]5CCCN5C(=O)Cc5ccccc5)[nH]c4Cl)cc3)cc2)[nH]1)c1ccccc1. The molecule has 4 heterocycles. The minimum Gasteiger partial charge on any atom is -0.453 e. The Morgan fingerprint density at radius 2 is 1.49 bits per heavy atom. The molecule has 302 valence electrons. The molecule has 3 N–H and O–H groups in total. The molecule has 14 heteroatoms. The molecular formula is C45H44ClN7O5S. The molecule has 59 heavy (non-hydrogen) atoms. The van der Waals surface area contributed by atoms with Crippen molar-refractivity contribution in [3.63, 3.8) is 0 Å². The lowest BCUT2D eigenvalue weighted by molar-refractivity contribution is -0.134. The fourth-order valence-corrected chi connectivity index (χ4v) is 9.14. The number of alkyl carbamates (subject to hydrolysis) is 1. The van der Waals surface area contributed by atoms with Crippen molar-refractivity contribution >= 4 is 40.3 Å². The van der Waals surface area contributed by atoms with Crippen molar-refractivity contribution in [2.24, 2.45) is 0 Å². The van der Waals surface area contributed by atoms with Crippen LogP contribution in [0.2, 0.25) is 5.15 Å². The maximum Gasteiger partial charge on any atom is 0.407 e. The van der Waals surface area contributed by atoms with Crippen molar-refractivity contribution in [2.45, 2.75) is 49.1 Å². The van der Waals surface area contributed by atoms with E-state index in [2.05, 4.69) is 15.3 Å². The summed E-state index contributed by atoms with van der Waals surface area (Å²) < 4.78 is 17.5. The number of carbonyl (C=O) groups excluding carboxylic acids is 3. The normalized spacial score (nSPS) is 18.7. The van der Waals surface area contributed by atoms with E-state index in [9.17, 15) is 18.6 Å². The molecule has 2 aliphatic rings. The van der Waals surface area contributed by atoms with Crippen LogP contribution in [0.25, 0.3) is 33.6 Å². The lowest BCUT2D eigenvalue weighted by Gasteiger charge is -2.28. The molecule has 2 aromatic heterocycles. The highest BCUT2D eigenvalue weighted by Crippen LogP contribution is 2.38. The number of carbonyl (C=O) groups is 3. The molecule has 5 atom stereocenters. The number of ether oxygens (including phenoxy) is 1. The largest absolute Gasteiger partial charge is 0.453 e. The fourth-order valence-electron chi connectivity index (χ4n) is 8.07. The molecule has 0 spiro atoms. The number of hydrogen-bond acceptors (Lipinski definition) is 7.